The summed E-state index contributed by atoms with van der Waals surface area (Å²) in [7, 11) is 0. The Morgan fingerprint density at radius 2 is 1.97 bits per heavy atom. The molecule has 0 saturated heterocycles. The topological polar surface area (TPSA) is 88.4 Å². The van der Waals surface area contributed by atoms with Crippen LogP contribution in [0.1, 0.15) is 19.4 Å². The number of ether oxygens (including phenoxy) is 2. The average Bonchev–Trinajstić information content (AvgIpc) is 2.70. The molecule has 0 bridgehead atoms. The fourth-order valence-corrected chi connectivity index (χ4v) is 2.41. The van der Waals surface area contributed by atoms with Gasteiger partial charge in [-0.1, -0.05) is 23.7 Å². The first kappa shape index (κ1) is 21.9. The van der Waals surface area contributed by atoms with Crippen molar-refractivity contribution in [3.63, 3.8) is 0 Å². The Hall–Kier alpha value is -3.37. The van der Waals surface area contributed by atoms with Gasteiger partial charge in [0.15, 0.2) is 6.10 Å². The number of nitrogens with one attached hydrogen (secondary N) is 1. The number of hydrogen-bond donors (Lipinski definition) is 1. The van der Waals surface area contributed by atoms with Crippen LogP contribution in [0.3, 0.4) is 0 Å². The van der Waals surface area contributed by atoms with E-state index < -0.39 is 23.8 Å². The molecule has 8 heteroatoms. The first-order valence-electron chi connectivity index (χ1n) is 8.65. The minimum atomic E-state index is -1.19. The molecule has 2 aromatic carbocycles. The lowest BCUT2D eigenvalue weighted by Gasteiger charge is -2.13. The van der Waals surface area contributed by atoms with Crippen LogP contribution in [-0.2, 0) is 14.3 Å². The molecule has 1 amide bonds. The number of carbonyl (C=O) groups excluding carboxylic acids is 2. The number of nitriles is 1. The van der Waals surface area contributed by atoms with Crippen LogP contribution in [0.25, 0.3) is 6.08 Å². The monoisotopic (exact) mass is 416 g/mol. The van der Waals surface area contributed by atoms with Crippen molar-refractivity contribution in [2.24, 2.45) is 0 Å². The average molecular weight is 417 g/mol. The molecule has 6 nitrogen and oxygen atoms in total. The highest BCUT2D eigenvalue weighted by Gasteiger charge is 2.21. The fourth-order valence-electron chi connectivity index (χ4n) is 2.23. The summed E-state index contributed by atoms with van der Waals surface area (Å²) in [4.78, 5) is 24.4. The fraction of sp³-hybridized carbons (Fsp3) is 0.190. The second kappa shape index (κ2) is 10.2. The number of esters is 1. The molecule has 0 spiro atoms. The second-order valence-corrected chi connectivity index (χ2v) is 6.24. The van der Waals surface area contributed by atoms with Gasteiger partial charge >= 0.3 is 5.97 Å². The van der Waals surface area contributed by atoms with Crippen molar-refractivity contribution in [2.45, 2.75) is 20.0 Å². The number of nitrogens with zero attached hydrogens (tertiary/aromatic N) is 1. The smallest absolute Gasteiger partial charge is 0.349 e. The summed E-state index contributed by atoms with van der Waals surface area (Å²) >= 11 is 5.66. The van der Waals surface area contributed by atoms with Gasteiger partial charge in [0, 0.05) is 5.69 Å². The highest BCUT2D eigenvalue weighted by Crippen LogP contribution is 2.20. The molecule has 0 saturated carbocycles. The van der Waals surface area contributed by atoms with Gasteiger partial charge in [-0.15, -0.1) is 0 Å². The Morgan fingerprint density at radius 1 is 1.28 bits per heavy atom. The molecule has 0 aliphatic heterocycles. The van der Waals surface area contributed by atoms with Crippen molar-refractivity contribution in [1.29, 1.82) is 5.26 Å². The summed E-state index contributed by atoms with van der Waals surface area (Å²) in [5, 5.41) is 11.5. The SMILES string of the molecule is CCOc1ccc(/C=C(\C#N)C(=O)O[C@H](C)C(=O)Nc2ccc(F)c(Cl)c2)cc1. The van der Waals surface area contributed by atoms with Gasteiger partial charge in [-0.2, -0.15) is 5.26 Å². The van der Waals surface area contributed by atoms with Crippen LogP contribution in [0.15, 0.2) is 48.0 Å². The lowest BCUT2D eigenvalue weighted by molar-refractivity contribution is -0.148. The zero-order chi connectivity index (χ0) is 21.4. The molecule has 0 aromatic heterocycles. The highest BCUT2D eigenvalue weighted by atomic mass is 35.5. The summed E-state index contributed by atoms with van der Waals surface area (Å²) in [6, 6.07) is 12.2. The van der Waals surface area contributed by atoms with Crippen molar-refractivity contribution in [3.8, 4) is 11.8 Å². The third-order valence-electron chi connectivity index (χ3n) is 3.68. The predicted molar refractivity (Wildman–Crippen MR) is 107 cm³/mol. The number of rotatable bonds is 7. The standard InChI is InChI=1S/C21H18ClFN2O4/c1-3-28-17-7-4-14(5-8-17)10-15(12-24)21(27)29-13(2)20(26)25-16-6-9-19(23)18(22)11-16/h4-11,13H,3H2,1-2H3,(H,25,26)/b15-10+/t13-/m1/s1. The van der Waals surface area contributed by atoms with Crippen molar-refractivity contribution in [2.75, 3.05) is 11.9 Å². The van der Waals surface area contributed by atoms with Crippen LogP contribution in [-0.4, -0.2) is 24.6 Å². The highest BCUT2D eigenvalue weighted by molar-refractivity contribution is 6.31. The first-order valence-corrected chi connectivity index (χ1v) is 9.03. The summed E-state index contributed by atoms with van der Waals surface area (Å²) in [6.07, 6.45) is 0.158. The molecule has 0 radical (unpaired) electrons. The van der Waals surface area contributed by atoms with Gasteiger partial charge in [-0.25, -0.2) is 9.18 Å². The quantitative estimate of drug-likeness (QED) is 0.411. The van der Waals surface area contributed by atoms with E-state index in [9.17, 15) is 19.2 Å². The number of benzene rings is 2. The lowest BCUT2D eigenvalue weighted by atomic mass is 10.1. The Bertz CT molecular complexity index is 968. The van der Waals surface area contributed by atoms with Gasteiger partial charge < -0.3 is 14.8 Å². The number of carbonyl (C=O) groups is 2. The van der Waals surface area contributed by atoms with Crippen LogP contribution >= 0.6 is 11.6 Å². The molecule has 29 heavy (non-hydrogen) atoms. The molecule has 2 aromatic rings. The van der Waals surface area contributed by atoms with E-state index in [1.54, 1.807) is 30.3 Å². The van der Waals surface area contributed by atoms with Crippen LogP contribution in [0.4, 0.5) is 10.1 Å². The molecule has 2 rings (SSSR count). The van der Waals surface area contributed by atoms with E-state index in [0.717, 1.165) is 6.07 Å². The third kappa shape index (κ3) is 6.33. The number of amides is 1. The van der Waals surface area contributed by atoms with Gasteiger partial charge in [-0.05, 0) is 55.8 Å². The second-order valence-electron chi connectivity index (χ2n) is 5.84. The lowest BCUT2D eigenvalue weighted by Crippen LogP contribution is -2.30. The number of anilines is 1. The molecule has 1 N–H and O–H groups in total. The Labute approximate surface area is 172 Å². The minimum Gasteiger partial charge on any atom is -0.494 e. The minimum absolute atomic E-state index is 0.155. The van der Waals surface area contributed by atoms with Crippen LogP contribution in [0.2, 0.25) is 5.02 Å². The van der Waals surface area contributed by atoms with E-state index in [1.165, 1.54) is 25.1 Å². The maximum absolute atomic E-state index is 13.2. The predicted octanol–water partition coefficient (Wildman–Crippen LogP) is 4.36. The third-order valence-corrected chi connectivity index (χ3v) is 3.97. The van der Waals surface area contributed by atoms with E-state index in [4.69, 9.17) is 21.1 Å². The van der Waals surface area contributed by atoms with Crippen LogP contribution in [0, 0.1) is 17.1 Å². The van der Waals surface area contributed by atoms with Gasteiger partial charge in [-0.3, -0.25) is 4.79 Å². The van der Waals surface area contributed by atoms with Gasteiger partial charge in [0.2, 0.25) is 0 Å². The number of hydrogen-bond acceptors (Lipinski definition) is 5. The van der Waals surface area contributed by atoms with Crippen molar-refractivity contribution in [1.82, 2.24) is 0 Å². The summed E-state index contributed by atoms with van der Waals surface area (Å²) in [5.41, 5.74) is 0.577. The van der Waals surface area contributed by atoms with Gasteiger partial charge in [0.05, 0.1) is 11.6 Å². The van der Waals surface area contributed by atoms with E-state index in [0.29, 0.717) is 17.9 Å². The summed E-state index contributed by atoms with van der Waals surface area (Å²) in [6.45, 7) is 3.73. The normalized spacial score (nSPS) is 11.9. The van der Waals surface area contributed by atoms with E-state index in [-0.39, 0.29) is 16.3 Å². The molecule has 0 aliphatic rings. The molecule has 1 atom stereocenters. The van der Waals surface area contributed by atoms with Crippen LogP contribution in [0.5, 0.6) is 5.75 Å². The Kier molecular flexibility index (Phi) is 7.75. The van der Waals surface area contributed by atoms with Crippen molar-refractivity contribution < 1.29 is 23.5 Å². The Balaban J connectivity index is 2.02. The molecule has 0 aliphatic carbocycles. The largest absolute Gasteiger partial charge is 0.494 e. The maximum Gasteiger partial charge on any atom is 0.349 e. The Morgan fingerprint density at radius 3 is 2.55 bits per heavy atom. The summed E-state index contributed by atoms with van der Waals surface area (Å²) < 4.78 is 23.6. The molecule has 0 unspecified atom stereocenters. The molecule has 0 heterocycles. The van der Waals surface area contributed by atoms with Gasteiger partial charge in [0.1, 0.15) is 23.2 Å². The number of halogens is 2. The molecule has 150 valence electrons. The van der Waals surface area contributed by atoms with Gasteiger partial charge in [0.25, 0.3) is 5.91 Å². The zero-order valence-corrected chi connectivity index (χ0v) is 16.5. The molecule has 0 fully saturated rings. The van der Waals surface area contributed by atoms with E-state index in [2.05, 4.69) is 5.32 Å². The van der Waals surface area contributed by atoms with E-state index >= 15 is 0 Å². The van der Waals surface area contributed by atoms with Crippen molar-refractivity contribution in [3.05, 3.63) is 64.4 Å². The molecular weight excluding hydrogens is 399 g/mol. The van der Waals surface area contributed by atoms with Crippen molar-refractivity contribution >= 4 is 35.2 Å². The molecular formula is C21H18ClFN2O4. The zero-order valence-electron chi connectivity index (χ0n) is 15.7. The van der Waals surface area contributed by atoms with Crippen LogP contribution < -0.4 is 10.1 Å². The first-order chi connectivity index (χ1) is 13.8. The summed E-state index contributed by atoms with van der Waals surface area (Å²) in [5.74, 6) is -1.56. The van der Waals surface area contributed by atoms with E-state index in [1.807, 2.05) is 6.92 Å². The maximum atomic E-state index is 13.2.